The Kier molecular flexibility index (Phi) is 4.92. The van der Waals surface area contributed by atoms with Gasteiger partial charge in [0.05, 0.1) is 37.5 Å². The molecule has 0 N–H and O–H groups in total. The molecule has 8 heteroatoms. The highest BCUT2D eigenvalue weighted by molar-refractivity contribution is 6.03. The average molecular weight is 486 g/mol. The first kappa shape index (κ1) is 21.6. The number of amidine groups is 1. The lowest BCUT2D eigenvalue weighted by molar-refractivity contribution is 0.0438. The van der Waals surface area contributed by atoms with E-state index in [1.54, 1.807) is 0 Å². The molecule has 0 radical (unpaired) electrons. The van der Waals surface area contributed by atoms with E-state index in [9.17, 15) is 4.39 Å². The van der Waals surface area contributed by atoms with Crippen LogP contribution in [-0.2, 0) is 22.3 Å². The SMILES string of the molecule is Cc1cn(-c2ccc(C=C3OCCN4C3=NC3(CCOCC3)N4c3ccc(F)cc3)c3c2CC3)cn1. The molecule has 1 spiro atoms. The van der Waals surface area contributed by atoms with E-state index in [2.05, 4.69) is 44.0 Å². The van der Waals surface area contributed by atoms with Crippen molar-refractivity contribution in [3.63, 3.8) is 0 Å². The Balaban J connectivity index is 1.28. The van der Waals surface area contributed by atoms with E-state index < -0.39 is 5.66 Å². The van der Waals surface area contributed by atoms with Crippen molar-refractivity contribution in [3.8, 4) is 5.69 Å². The number of aryl methyl sites for hydroxylation is 1. The summed E-state index contributed by atoms with van der Waals surface area (Å²) in [5.41, 5.74) is 6.61. The fourth-order valence-corrected chi connectivity index (χ4v) is 5.82. The van der Waals surface area contributed by atoms with Crippen LogP contribution in [0.3, 0.4) is 0 Å². The molecule has 3 aromatic rings. The highest BCUT2D eigenvalue weighted by Crippen LogP contribution is 2.42. The first-order chi connectivity index (χ1) is 17.6. The number of morpholine rings is 1. The summed E-state index contributed by atoms with van der Waals surface area (Å²) in [6.07, 6.45) is 9.75. The zero-order valence-corrected chi connectivity index (χ0v) is 20.3. The summed E-state index contributed by atoms with van der Waals surface area (Å²) in [7, 11) is 0. The van der Waals surface area contributed by atoms with Crippen molar-refractivity contribution in [1.29, 1.82) is 0 Å². The minimum absolute atomic E-state index is 0.241. The van der Waals surface area contributed by atoms with Crippen molar-refractivity contribution >= 4 is 17.6 Å². The van der Waals surface area contributed by atoms with E-state index in [4.69, 9.17) is 14.5 Å². The van der Waals surface area contributed by atoms with Crippen LogP contribution in [-0.4, -0.2) is 52.4 Å². The van der Waals surface area contributed by atoms with Crippen molar-refractivity contribution in [2.24, 2.45) is 4.99 Å². The fraction of sp³-hybridized carbons (Fsp3) is 0.357. The first-order valence-corrected chi connectivity index (χ1v) is 12.6. The van der Waals surface area contributed by atoms with Gasteiger partial charge in [0.15, 0.2) is 17.3 Å². The molecular formula is C28H28FN5O2. The second-order valence-corrected chi connectivity index (χ2v) is 9.85. The Morgan fingerprint density at radius 1 is 1.00 bits per heavy atom. The van der Waals surface area contributed by atoms with Gasteiger partial charge in [-0.2, -0.15) is 0 Å². The summed E-state index contributed by atoms with van der Waals surface area (Å²) >= 11 is 0. The molecule has 0 amide bonds. The van der Waals surface area contributed by atoms with E-state index in [-0.39, 0.29) is 5.82 Å². The summed E-state index contributed by atoms with van der Waals surface area (Å²) < 4.78 is 27.8. The molecule has 4 aliphatic rings. The van der Waals surface area contributed by atoms with Gasteiger partial charge in [-0.15, -0.1) is 0 Å². The highest BCUT2D eigenvalue weighted by atomic mass is 19.1. The van der Waals surface area contributed by atoms with Gasteiger partial charge in [0.1, 0.15) is 12.4 Å². The number of hydrazine groups is 1. The molecule has 36 heavy (non-hydrogen) atoms. The number of anilines is 1. The van der Waals surface area contributed by atoms with E-state index in [0.29, 0.717) is 26.4 Å². The molecule has 7 rings (SSSR count). The zero-order chi connectivity index (χ0) is 24.3. The van der Waals surface area contributed by atoms with Gasteiger partial charge in [-0.3, -0.25) is 10.0 Å². The number of ether oxygens (including phenoxy) is 2. The third kappa shape index (κ3) is 3.35. The van der Waals surface area contributed by atoms with Crippen molar-refractivity contribution < 1.29 is 13.9 Å². The molecule has 1 aliphatic carbocycles. The van der Waals surface area contributed by atoms with Crippen LogP contribution in [0.15, 0.2) is 59.7 Å². The highest BCUT2D eigenvalue weighted by Gasteiger charge is 2.50. The Morgan fingerprint density at radius 2 is 1.81 bits per heavy atom. The number of hydrogen-bond donors (Lipinski definition) is 0. The lowest BCUT2D eigenvalue weighted by Gasteiger charge is -2.45. The molecule has 0 saturated carbocycles. The normalized spacial score (nSPS) is 21.2. The van der Waals surface area contributed by atoms with Gasteiger partial charge in [-0.1, -0.05) is 6.07 Å². The van der Waals surface area contributed by atoms with Gasteiger partial charge in [-0.05, 0) is 72.9 Å². The Morgan fingerprint density at radius 3 is 2.53 bits per heavy atom. The Labute approximate surface area is 209 Å². The minimum Gasteiger partial charge on any atom is -0.488 e. The molecule has 0 unspecified atom stereocenters. The quantitative estimate of drug-likeness (QED) is 0.549. The molecule has 0 atom stereocenters. The van der Waals surface area contributed by atoms with E-state index in [1.165, 1.54) is 34.5 Å². The number of aromatic nitrogens is 2. The standard InChI is InChI=1S/C28H28FN5O2/c1-19-17-32(18-30-19)25-9-2-20(23-7-8-24(23)25)16-26-27-31-28(10-13-35-14-11-28)34(33(27)12-15-36-26)22-5-3-21(29)4-6-22/h2-6,9,16-18H,7-8,10-15H2,1H3. The second-order valence-electron chi connectivity index (χ2n) is 9.85. The maximum atomic E-state index is 13.7. The van der Waals surface area contributed by atoms with Crippen molar-refractivity contribution in [3.05, 3.63) is 82.9 Å². The lowest BCUT2D eigenvalue weighted by atomic mass is 9.83. The van der Waals surface area contributed by atoms with E-state index in [1.807, 2.05) is 25.4 Å². The smallest absolute Gasteiger partial charge is 0.188 e. The monoisotopic (exact) mass is 485 g/mol. The van der Waals surface area contributed by atoms with Gasteiger partial charge in [0.25, 0.3) is 0 Å². The molecule has 2 fully saturated rings. The zero-order valence-electron chi connectivity index (χ0n) is 20.3. The number of imidazole rings is 1. The number of aliphatic imine (C=N–C) groups is 1. The molecule has 3 aliphatic heterocycles. The van der Waals surface area contributed by atoms with Crippen molar-refractivity contribution in [2.45, 2.75) is 38.3 Å². The van der Waals surface area contributed by atoms with Crippen LogP contribution in [0.2, 0.25) is 0 Å². The van der Waals surface area contributed by atoms with Gasteiger partial charge in [-0.25, -0.2) is 14.4 Å². The van der Waals surface area contributed by atoms with E-state index >= 15 is 0 Å². The third-order valence-corrected chi connectivity index (χ3v) is 7.68. The Hall–Kier alpha value is -3.65. The van der Waals surface area contributed by atoms with E-state index in [0.717, 1.165) is 48.7 Å². The summed E-state index contributed by atoms with van der Waals surface area (Å²) in [4.78, 5) is 9.68. The number of rotatable bonds is 3. The van der Waals surface area contributed by atoms with Crippen LogP contribution in [0.1, 0.15) is 35.2 Å². The van der Waals surface area contributed by atoms with Crippen molar-refractivity contribution in [2.75, 3.05) is 31.4 Å². The lowest BCUT2D eigenvalue weighted by Crippen LogP contribution is -2.56. The average Bonchev–Trinajstić information content (AvgIpc) is 3.43. The molecule has 7 nitrogen and oxygen atoms in total. The van der Waals surface area contributed by atoms with Crippen LogP contribution < -0.4 is 5.01 Å². The molecule has 0 bridgehead atoms. The maximum absolute atomic E-state index is 13.7. The third-order valence-electron chi connectivity index (χ3n) is 7.68. The van der Waals surface area contributed by atoms with Gasteiger partial charge < -0.3 is 14.0 Å². The number of nitrogens with zero attached hydrogens (tertiary/aromatic N) is 5. The van der Waals surface area contributed by atoms with Crippen molar-refractivity contribution in [1.82, 2.24) is 14.6 Å². The van der Waals surface area contributed by atoms with Crippen LogP contribution in [0.4, 0.5) is 10.1 Å². The van der Waals surface area contributed by atoms with Gasteiger partial charge in [0, 0.05) is 24.7 Å². The first-order valence-electron chi connectivity index (χ1n) is 12.6. The summed E-state index contributed by atoms with van der Waals surface area (Å²) in [6, 6.07) is 11.1. The maximum Gasteiger partial charge on any atom is 0.188 e. The molecule has 2 aromatic carbocycles. The van der Waals surface area contributed by atoms with Gasteiger partial charge >= 0.3 is 0 Å². The summed E-state index contributed by atoms with van der Waals surface area (Å²) in [6.45, 7) is 4.54. The van der Waals surface area contributed by atoms with Crippen LogP contribution >= 0.6 is 0 Å². The summed E-state index contributed by atoms with van der Waals surface area (Å²) in [5.74, 6) is 1.39. The van der Waals surface area contributed by atoms with Crippen LogP contribution in [0.25, 0.3) is 11.8 Å². The Bertz CT molecular complexity index is 1390. The number of halogens is 1. The number of fused-ring (bicyclic) bond motifs is 2. The predicted molar refractivity (Wildman–Crippen MR) is 135 cm³/mol. The number of hydrogen-bond acceptors (Lipinski definition) is 6. The number of benzene rings is 2. The summed E-state index contributed by atoms with van der Waals surface area (Å²) in [5, 5.41) is 4.45. The van der Waals surface area contributed by atoms with Crippen LogP contribution in [0, 0.1) is 12.7 Å². The fourth-order valence-electron chi connectivity index (χ4n) is 5.82. The topological polar surface area (TPSA) is 55.1 Å². The van der Waals surface area contributed by atoms with Crippen LogP contribution in [0.5, 0.6) is 0 Å². The van der Waals surface area contributed by atoms with Gasteiger partial charge in [0.2, 0.25) is 0 Å². The molecule has 4 heterocycles. The molecule has 2 saturated heterocycles. The predicted octanol–water partition coefficient (Wildman–Crippen LogP) is 4.43. The largest absolute Gasteiger partial charge is 0.488 e. The molecule has 1 aromatic heterocycles. The minimum atomic E-state index is -0.452. The molecular weight excluding hydrogens is 457 g/mol. The second kappa shape index (κ2) is 8.20. The molecule has 184 valence electrons.